The van der Waals surface area contributed by atoms with E-state index in [2.05, 4.69) is 5.32 Å². The Labute approximate surface area is 87.4 Å². The van der Waals surface area contributed by atoms with Crippen molar-refractivity contribution < 1.29 is 4.79 Å². The maximum atomic E-state index is 11.4. The summed E-state index contributed by atoms with van der Waals surface area (Å²) >= 11 is 1.57. The molecule has 14 heavy (non-hydrogen) atoms. The fourth-order valence-corrected chi connectivity index (χ4v) is 1.72. The quantitative estimate of drug-likeness (QED) is 0.819. The average Bonchev–Trinajstić information content (AvgIpc) is 2.66. The van der Waals surface area contributed by atoms with Crippen LogP contribution in [-0.2, 0) is 11.2 Å². The maximum absolute atomic E-state index is 11.4. The normalized spacial score (nSPS) is 11.7. The Morgan fingerprint density at radius 2 is 2.57 bits per heavy atom. The number of hydrogen-bond acceptors (Lipinski definition) is 3. The summed E-state index contributed by atoms with van der Waals surface area (Å²) in [5, 5.41) is 15.2. The second kappa shape index (κ2) is 5.40. The summed E-state index contributed by atoms with van der Waals surface area (Å²) in [6.07, 6.45) is 1.01. The number of thiophene rings is 1. The molecule has 1 aromatic rings. The molecule has 3 nitrogen and oxygen atoms in total. The van der Waals surface area contributed by atoms with Gasteiger partial charge in [-0.25, -0.2) is 0 Å². The van der Waals surface area contributed by atoms with E-state index >= 15 is 0 Å². The molecule has 1 unspecified atom stereocenters. The Hall–Kier alpha value is -1.34. The number of carbonyl (C=O) groups is 1. The Kier molecular flexibility index (Phi) is 4.14. The van der Waals surface area contributed by atoms with Crippen LogP contribution in [-0.4, -0.2) is 11.9 Å². The van der Waals surface area contributed by atoms with Gasteiger partial charge in [-0.15, -0.1) is 0 Å². The molecule has 0 aromatic carbocycles. The van der Waals surface area contributed by atoms with E-state index in [4.69, 9.17) is 5.26 Å². The van der Waals surface area contributed by atoms with Gasteiger partial charge in [-0.05, 0) is 28.8 Å². The Morgan fingerprint density at radius 3 is 3.07 bits per heavy atom. The minimum atomic E-state index is -0.360. The maximum Gasteiger partial charge on any atom is 0.225 e. The molecule has 0 radical (unpaired) electrons. The molecule has 1 heterocycles. The third kappa shape index (κ3) is 3.19. The van der Waals surface area contributed by atoms with Gasteiger partial charge in [-0.1, -0.05) is 6.92 Å². The Morgan fingerprint density at radius 1 is 1.79 bits per heavy atom. The van der Waals surface area contributed by atoms with E-state index in [0.29, 0.717) is 12.8 Å². The molecule has 1 rings (SSSR count). The van der Waals surface area contributed by atoms with Crippen LogP contribution in [0.25, 0.3) is 0 Å². The van der Waals surface area contributed by atoms with E-state index in [-0.39, 0.29) is 11.9 Å². The zero-order valence-corrected chi connectivity index (χ0v) is 8.80. The third-order valence-electron chi connectivity index (χ3n) is 1.84. The van der Waals surface area contributed by atoms with Crippen molar-refractivity contribution in [2.75, 3.05) is 0 Å². The van der Waals surface area contributed by atoms with Gasteiger partial charge in [0, 0.05) is 0 Å². The Balaban J connectivity index is 2.40. The summed E-state index contributed by atoms with van der Waals surface area (Å²) < 4.78 is 0. The van der Waals surface area contributed by atoms with Crippen molar-refractivity contribution in [3.8, 4) is 6.07 Å². The van der Waals surface area contributed by atoms with Crippen LogP contribution in [0.4, 0.5) is 0 Å². The third-order valence-corrected chi connectivity index (χ3v) is 2.58. The van der Waals surface area contributed by atoms with Gasteiger partial charge in [0.05, 0.1) is 12.5 Å². The smallest absolute Gasteiger partial charge is 0.225 e. The summed E-state index contributed by atoms with van der Waals surface area (Å²) in [4.78, 5) is 11.4. The largest absolute Gasteiger partial charge is 0.340 e. The average molecular weight is 208 g/mol. The van der Waals surface area contributed by atoms with Crippen molar-refractivity contribution >= 4 is 17.2 Å². The first-order valence-electron chi connectivity index (χ1n) is 4.46. The van der Waals surface area contributed by atoms with Crippen LogP contribution in [0.15, 0.2) is 16.8 Å². The van der Waals surface area contributed by atoms with Crippen LogP contribution in [0.5, 0.6) is 0 Å². The number of amides is 1. The van der Waals surface area contributed by atoms with Crippen LogP contribution in [0, 0.1) is 11.3 Å². The van der Waals surface area contributed by atoms with E-state index in [0.717, 1.165) is 5.56 Å². The molecule has 0 aliphatic rings. The number of nitrogens with one attached hydrogen (secondary N) is 1. The summed E-state index contributed by atoms with van der Waals surface area (Å²) in [5.41, 5.74) is 1.00. The van der Waals surface area contributed by atoms with E-state index in [1.54, 1.807) is 11.3 Å². The zero-order chi connectivity index (χ0) is 10.4. The highest BCUT2D eigenvalue weighted by molar-refractivity contribution is 7.07. The number of nitrogens with zero attached hydrogens (tertiary/aromatic N) is 1. The predicted molar refractivity (Wildman–Crippen MR) is 55.9 cm³/mol. The molecule has 0 saturated carbocycles. The summed E-state index contributed by atoms with van der Waals surface area (Å²) in [6, 6.07) is 3.59. The van der Waals surface area contributed by atoms with Gasteiger partial charge >= 0.3 is 0 Å². The number of hydrogen-bond donors (Lipinski definition) is 1. The van der Waals surface area contributed by atoms with Gasteiger partial charge in [0.1, 0.15) is 6.04 Å². The summed E-state index contributed by atoms with van der Waals surface area (Å²) in [5.74, 6) is -0.0863. The van der Waals surface area contributed by atoms with E-state index in [1.165, 1.54) is 0 Å². The van der Waals surface area contributed by atoms with Crippen LogP contribution >= 0.6 is 11.3 Å². The van der Waals surface area contributed by atoms with E-state index in [9.17, 15) is 4.79 Å². The van der Waals surface area contributed by atoms with Crippen LogP contribution in [0.1, 0.15) is 18.9 Å². The van der Waals surface area contributed by atoms with Crippen molar-refractivity contribution in [3.05, 3.63) is 22.4 Å². The molecule has 0 fully saturated rings. The minimum absolute atomic E-state index is 0.0863. The lowest BCUT2D eigenvalue weighted by atomic mass is 10.2. The van der Waals surface area contributed by atoms with Gasteiger partial charge in [0.2, 0.25) is 5.91 Å². The van der Waals surface area contributed by atoms with Gasteiger partial charge in [0.25, 0.3) is 0 Å². The molecule has 1 aromatic heterocycles. The number of nitriles is 1. The van der Waals surface area contributed by atoms with Crippen LogP contribution < -0.4 is 5.32 Å². The predicted octanol–water partition coefficient (Wildman–Crippen LogP) is 1.71. The molecule has 1 atom stereocenters. The number of carbonyl (C=O) groups excluding carboxylic acids is 1. The fourth-order valence-electron chi connectivity index (χ4n) is 1.05. The topological polar surface area (TPSA) is 52.9 Å². The molecular formula is C10H12N2OS. The second-order valence-electron chi connectivity index (χ2n) is 2.97. The lowest BCUT2D eigenvalue weighted by molar-refractivity contribution is -0.120. The van der Waals surface area contributed by atoms with Gasteiger partial charge < -0.3 is 5.32 Å². The van der Waals surface area contributed by atoms with E-state index in [1.807, 2.05) is 29.8 Å². The molecule has 0 aliphatic carbocycles. The van der Waals surface area contributed by atoms with Gasteiger partial charge in [-0.2, -0.15) is 16.6 Å². The van der Waals surface area contributed by atoms with Crippen molar-refractivity contribution in [2.24, 2.45) is 0 Å². The highest BCUT2D eigenvalue weighted by Gasteiger charge is 2.09. The molecule has 1 amide bonds. The monoisotopic (exact) mass is 208 g/mol. The van der Waals surface area contributed by atoms with E-state index < -0.39 is 0 Å². The Bertz CT molecular complexity index is 326. The fraction of sp³-hybridized carbons (Fsp3) is 0.400. The lowest BCUT2D eigenvalue weighted by Crippen LogP contribution is -2.34. The van der Waals surface area contributed by atoms with Gasteiger partial charge in [0.15, 0.2) is 0 Å². The van der Waals surface area contributed by atoms with Crippen molar-refractivity contribution in [2.45, 2.75) is 25.8 Å². The highest BCUT2D eigenvalue weighted by Crippen LogP contribution is 2.06. The van der Waals surface area contributed by atoms with Crippen molar-refractivity contribution in [3.63, 3.8) is 0 Å². The number of rotatable bonds is 4. The minimum Gasteiger partial charge on any atom is -0.340 e. The lowest BCUT2D eigenvalue weighted by Gasteiger charge is -2.07. The molecule has 0 spiro atoms. The van der Waals surface area contributed by atoms with Crippen molar-refractivity contribution in [1.29, 1.82) is 5.26 Å². The molecule has 0 bridgehead atoms. The SMILES string of the molecule is CCC(C#N)NC(=O)Cc1ccsc1. The molecule has 74 valence electrons. The van der Waals surface area contributed by atoms with Crippen LogP contribution in [0.3, 0.4) is 0 Å². The van der Waals surface area contributed by atoms with Crippen molar-refractivity contribution in [1.82, 2.24) is 5.32 Å². The second-order valence-corrected chi connectivity index (χ2v) is 3.75. The first kappa shape index (κ1) is 10.7. The first-order chi connectivity index (χ1) is 6.76. The standard InChI is InChI=1S/C10H12N2OS/c1-2-9(6-11)12-10(13)5-8-3-4-14-7-8/h3-4,7,9H,2,5H2,1H3,(H,12,13). The molecule has 0 aliphatic heterocycles. The molecule has 1 N–H and O–H groups in total. The zero-order valence-electron chi connectivity index (χ0n) is 7.99. The molecule has 0 saturated heterocycles. The summed E-state index contributed by atoms with van der Waals surface area (Å²) in [6.45, 7) is 1.87. The molecule has 4 heteroatoms. The first-order valence-corrected chi connectivity index (χ1v) is 5.40. The summed E-state index contributed by atoms with van der Waals surface area (Å²) in [7, 11) is 0. The molecular weight excluding hydrogens is 196 g/mol. The van der Waals surface area contributed by atoms with Gasteiger partial charge in [-0.3, -0.25) is 4.79 Å². The highest BCUT2D eigenvalue weighted by atomic mass is 32.1. The van der Waals surface area contributed by atoms with Crippen LogP contribution in [0.2, 0.25) is 0 Å².